The van der Waals surface area contributed by atoms with Gasteiger partial charge in [-0.1, -0.05) is 83.3 Å². The average molecular weight is 514 g/mol. The van der Waals surface area contributed by atoms with Crippen LogP contribution in [0.3, 0.4) is 0 Å². The van der Waals surface area contributed by atoms with Crippen molar-refractivity contribution < 1.29 is 5.11 Å². The number of H-pyrrole nitrogens is 1. The second-order valence-electron chi connectivity index (χ2n) is 6.86. The van der Waals surface area contributed by atoms with Gasteiger partial charge < -0.3 is 9.67 Å². The molecule has 1 heterocycles. The fraction of sp³-hybridized carbons (Fsp3) is 0.130. The molecule has 0 aliphatic carbocycles. The third-order valence-corrected chi connectivity index (χ3v) is 5.87. The van der Waals surface area contributed by atoms with E-state index in [1.807, 2.05) is 72.2 Å². The van der Waals surface area contributed by atoms with Crippen LogP contribution in [0.15, 0.2) is 71.5 Å². The van der Waals surface area contributed by atoms with Gasteiger partial charge in [0.2, 0.25) is 0 Å². The molecular formula is C23H19IN2O2S. The van der Waals surface area contributed by atoms with Gasteiger partial charge in [0, 0.05) is 17.5 Å². The maximum Gasteiger partial charge on any atom is 0.255 e. The molecule has 1 atom stereocenters. The standard InChI is InChI=1S/C23H19IN2O2S/c1-14(24)26-21(16-8-3-2-4-9-16)19(22(28)25-23(26)29)13-18-17-10-6-5-7-15(17)11-12-20(18)27/h2-12,14,27H,13H2,1H3,(H,25,28,29)/t14-/m0/s1. The molecule has 2 N–H and O–H groups in total. The Kier molecular flexibility index (Phi) is 5.56. The van der Waals surface area contributed by atoms with Crippen molar-refractivity contribution in [3.63, 3.8) is 0 Å². The second kappa shape index (κ2) is 8.12. The van der Waals surface area contributed by atoms with E-state index in [2.05, 4.69) is 27.6 Å². The van der Waals surface area contributed by atoms with E-state index in [4.69, 9.17) is 12.2 Å². The van der Waals surface area contributed by atoms with Gasteiger partial charge in [0.15, 0.2) is 4.77 Å². The monoisotopic (exact) mass is 514 g/mol. The van der Waals surface area contributed by atoms with Gasteiger partial charge in [-0.3, -0.25) is 9.78 Å². The summed E-state index contributed by atoms with van der Waals surface area (Å²) < 4.78 is 2.39. The summed E-state index contributed by atoms with van der Waals surface area (Å²) in [6.07, 6.45) is 0.297. The molecule has 0 saturated carbocycles. The number of hydrogen-bond donors (Lipinski definition) is 2. The third-order valence-electron chi connectivity index (χ3n) is 5.01. The van der Waals surface area contributed by atoms with Gasteiger partial charge >= 0.3 is 0 Å². The summed E-state index contributed by atoms with van der Waals surface area (Å²) in [6.45, 7) is 2.03. The SMILES string of the molecule is C[C@@H](I)n1c(-c2ccccc2)c(Cc2c(O)ccc3ccccc23)c(=O)[nH]c1=S. The molecule has 0 amide bonds. The molecule has 0 aliphatic heterocycles. The summed E-state index contributed by atoms with van der Waals surface area (Å²) in [6, 6.07) is 21.2. The van der Waals surface area contributed by atoms with Crippen molar-refractivity contribution in [2.45, 2.75) is 17.4 Å². The zero-order valence-corrected chi connectivity index (χ0v) is 18.7. The van der Waals surface area contributed by atoms with Crippen molar-refractivity contribution in [3.8, 4) is 17.0 Å². The van der Waals surface area contributed by atoms with E-state index in [9.17, 15) is 9.90 Å². The Morgan fingerprint density at radius 2 is 1.72 bits per heavy atom. The van der Waals surface area contributed by atoms with Gasteiger partial charge in [-0.25, -0.2) is 0 Å². The number of aromatic hydroxyl groups is 1. The normalized spacial score (nSPS) is 12.2. The average Bonchev–Trinajstić information content (AvgIpc) is 2.71. The first-order valence-electron chi connectivity index (χ1n) is 9.24. The maximum atomic E-state index is 13.0. The Morgan fingerprint density at radius 3 is 2.45 bits per heavy atom. The molecular weight excluding hydrogens is 495 g/mol. The molecule has 0 bridgehead atoms. The molecule has 3 aromatic carbocycles. The number of hydrogen-bond acceptors (Lipinski definition) is 3. The number of phenols is 1. The van der Waals surface area contributed by atoms with Crippen LogP contribution in [0.1, 0.15) is 22.1 Å². The first-order valence-corrected chi connectivity index (χ1v) is 10.9. The van der Waals surface area contributed by atoms with Crippen LogP contribution in [-0.2, 0) is 6.42 Å². The van der Waals surface area contributed by atoms with Crippen molar-refractivity contribution in [2.75, 3.05) is 0 Å². The molecule has 6 heteroatoms. The lowest BCUT2D eigenvalue weighted by Gasteiger charge is -2.20. The van der Waals surface area contributed by atoms with Crippen LogP contribution >= 0.6 is 34.8 Å². The number of aromatic nitrogens is 2. The van der Waals surface area contributed by atoms with Crippen molar-refractivity contribution in [1.29, 1.82) is 0 Å². The van der Waals surface area contributed by atoms with Crippen LogP contribution in [0.5, 0.6) is 5.75 Å². The molecule has 0 radical (unpaired) electrons. The number of benzene rings is 3. The van der Waals surface area contributed by atoms with Gasteiger partial charge in [0.05, 0.1) is 9.74 Å². The predicted molar refractivity (Wildman–Crippen MR) is 128 cm³/mol. The van der Waals surface area contributed by atoms with Crippen LogP contribution in [0.2, 0.25) is 0 Å². The van der Waals surface area contributed by atoms with Gasteiger partial charge in [0.25, 0.3) is 5.56 Å². The number of nitrogens with one attached hydrogen (secondary N) is 1. The molecule has 1 aromatic heterocycles. The topological polar surface area (TPSA) is 58.0 Å². The minimum absolute atomic E-state index is 0.0343. The quantitative estimate of drug-likeness (QED) is 0.200. The molecule has 4 aromatic rings. The van der Waals surface area contributed by atoms with Gasteiger partial charge in [-0.05, 0) is 41.5 Å². The molecule has 0 fully saturated rings. The van der Waals surface area contributed by atoms with Crippen LogP contribution in [0.4, 0.5) is 0 Å². The molecule has 0 spiro atoms. The number of rotatable bonds is 4. The zero-order valence-electron chi connectivity index (χ0n) is 15.7. The third kappa shape index (κ3) is 3.74. The Bertz CT molecular complexity index is 1310. The Labute approximate surface area is 187 Å². The van der Waals surface area contributed by atoms with E-state index in [1.54, 1.807) is 6.07 Å². The zero-order chi connectivity index (χ0) is 20.5. The summed E-state index contributed by atoms with van der Waals surface area (Å²) in [5.74, 6) is 0.179. The second-order valence-corrected chi connectivity index (χ2v) is 9.05. The van der Waals surface area contributed by atoms with Crippen LogP contribution in [0, 0.1) is 4.77 Å². The molecule has 4 nitrogen and oxygen atoms in total. The lowest BCUT2D eigenvalue weighted by atomic mass is 9.95. The Hall–Kier alpha value is -2.45. The predicted octanol–water partition coefficient (Wildman–Crippen LogP) is 5.98. The highest BCUT2D eigenvalue weighted by Crippen LogP contribution is 2.33. The minimum Gasteiger partial charge on any atom is -0.508 e. The first-order chi connectivity index (χ1) is 14.0. The van der Waals surface area contributed by atoms with E-state index >= 15 is 0 Å². The lowest BCUT2D eigenvalue weighted by Crippen LogP contribution is -2.22. The molecule has 29 heavy (non-hydrogen) atoms. The summed E-state index contributed by atoms with van der Waals surface area (Å²) in [5, 5.41) is 12.6. The summed E-state index contributed by atoms with van der Waals surface area (Å²) >= 11 is 7.78. The van der Waals surface area contributed by atoms with E-state index < -0.39 is 0 Å². The largest absolute Gasteiger partial charge is 0.508 e. The summed E-state index contributed by atoms with van der Waals surface area (Å²) in [4.78, 5) is 15.9. The fourth-order valence-electron chi connectivity index (χ4n) is 3.69. The van der Waals surface area contributed by atoms with Crippen molar-refractivity contribution in [1.82, 2.24) is 9.55 Å². The van der Waals surface area contributed by atoms with E-state index in [1.165, 1.54) is 0 Å². The van der Waals surface area contributed by atoms with Crippen LogP contribution < -0.4 is 5.56 Å². The van der Waals surface area contributed by atoms with Crippen molar-refractivity contribution in [3.05, 3.63) is 93.0 Å². The van der Waals surface area contributed by atoms with Crippen LogP contribution in [0.25, 0.3) is 22.0 Å². The highest BCUT2D eigenvalue weighted by Gasteiger charge is 2.20. The highest BCUT2D eigenvalue weighted by atomic mass is 127. The van der Waals surface area contributed by atoms with Gasteiger partial charge in [-0.15, -0.1) is 0 Å². The molecule has 0 unspecified atom stereocenters. The number of nitrogens with zero attached hydrogens (tertiary/aromatic N) is 1. The lowest BCUT2D eigenvalue weighted by molar-refractivity contribution is 0.470. The van der Waals surface area contributed by atoms with E-state index in [0.717, 1.165) is 27.6 Å². The molecule has 146 valence electrons. The number of fused-ring (bicyclic) bond motifs is 1. The summed E-state index contributed by atoms with van der Waals surface area (Å²) in [5.41, 5.74) is 2.79. The number of phenolic OH excluding ortho intramolecular Hbond substituents is 1. The molecule has 0 aliphatic rings. The number of aromatic amines is 1. The smallest absolute Gasteiger partial charge is 0.255 e. The Morgan fingerprint density at radius 1 is 1.03 bits per heavy atom. The van der Waals surface area contributed by atoms with E-state index in [0.29, 0.717) is 16.8 Å². The van der Waals surface area contributed by atoms with E-state index in [-0.39, 0.29) is 15.4 Å². The number of halogens is 1. The number of alkyl halides is 1. The van der Waals surface area contributed by atoms with Crippen LogP contribution in [-0.4, -0.2) is 14.7 Å². The maximum absolute atomic E-state index is 13.0. The van der Waals surface area contributed by atoms with Crippen molar-refractivity contribution in [2.24, 2.45) is 0 Å². The molecule has 0 saturated heterocycles. The molecule has 4 rings (SSSR count). The first kappa shape index (κ1) is 19.8. The van der Waals surface area contributed by atoms with Crippen molar-refractivity contribution >= 4 is 45.6 Å². The fourth-order valence-corrected chi connectivity index (χ4v) is 4.78. The highest BCUT2D eigenvalue weighted by molar-refractivity contribution is 14.1. The Balaban J connectivity index is 2.03. The van der Waals surface area contributed by atoms with Gasteiger partial charge in [0.1, 0.15) is 5.75 Å². The minimum atomic E-state index is -0.227. The van der Waals surface area contributed by atoms with Gasteiger partial charge in [-0.2, -0.15) is 0 Å². The summed E-state index contributed by atoms with van der Waals surface area (Å²) in [7, 11) is 0.